The van der Waals surface area contributed by atoms with E-state index < -0.39 is 8.65 Å². The summed E-state index contributed by atoms with van der Waals surface area (Å²) in [6.07, 6.45) is 9.95. The number of hydrogen-bond donors (Lipinski definition) is 3. The molecule has 3 heterocycles. The molecular formula is C27H34O2S6. The zero-order chi connectivity index (χ0) is 24.0. The molecule has 2 fully saturated rings. The Balaban J connectivity index is 1.42. The van der Waals surface area contributed by atoms with Gasteiger partial charge in [0.2, 0.25) is 0 Å². The molecule has 5 atom stereocenters. The van der Waals surface area contributed by atoms with E-state index in [9.17, 15) is 0 Å². The summed E-state index contributed by atoms with van der Waals surface area (Å²) in [6.45, 7) is 0. The van der Waals surface area contributed by atoms with Crippen LogP contribution in [0.3, 0.4) is 0 Å². The molecule has 1 aliphatic carbocycles. The van der Waals surface area contributed by atoms with Crippen LogP contribution in [0.2, 0.25) is 0 Å². The third kappa shape index (κ3) is 4.56. The van der Waals surface area contributed by atoms with E-state index in [1.165, 1.54) is 55.2 Å². The first-order valence-corrected chi connectivity index (χ1v) is 19.6. The fourth-order valence-corrected chi connectivity index (χ4v) is 23.5. The molecule has 2 nitrogen and oxygen atoms in total. The maximum atomic E-state index is 7.10. The van der Waals surface area contributed by atoms with Gasteiger partial charge < -0.3 is 8.37 Å². The Morgan fingerprint density at radius 2 is 1.40 bits per heavy atom. The van der Waals surface area contributed by atoms with Crippen molar-refractivity contribution in [2.24, 2.45) is 0 Å². The van der Waals surface area contributed by atoms with Gasteiger partial charge in [0.1, 0.15) is 0 Å². The van der Waals surface area contributed by atoms with Crippen molar-refractivity contribution in [2.45, 2.75) is 72.7 Å². The summed E-state index contributed by atoms with van der Waals surface area (Å²) >= 11 is 13.5. The molecule has 0 radical (unpaired) electrons. The summed E-state index contributed by atoms with van der Waals surface area (Å²) in [4.78, 5) is 0.996. The highest BCUT2D eigenvalue weighted by Gasteiger charge is 2.54. The minimum atomic E-state index is -1.73. The lowest BCUT2D eigenvalue weighted by Crippen LogP contribution is -2.22. The largest absolute Gasteiger partial charge is 0.364 e. The molecule has 0 amide bonds. The van der Waals surface area contributed by atoms with Crippen molar-refractivity contribution in [2.75, 3.05) is 11.5 Å². The van der Waals surface area contributed by atoms with Crippen molar-refractivity contribution in [1.29, 1.82) is 0 Å². The van der Waals surface area contributed by atoms with E-state index in [2.05, 4.69) is 79.0 Å². The molecule has 3 aliphatic heterocycles. The van der Waals surface area contributed by atoms with Gasteiger partial charge in [0, 0.05) is 26.5 Å². The summed E-state index contributed by atoms with van der Waals surface area (Å²) in [7, 11) is -1.72. The van der Waals surface area contributed by atoms with E-state index in [0.29, 0.717) is 16.4 Å². The fourth-order valence-electron chi connectivity index (χ4n) is 5.77. The fraction of sp³-hybridized carbons (Fsp3) is 0.481. The normalized spacial score (nSPS) is 31.8. The Bertz CT molecular complexity index is 1190. The van der Waals surface area contributed by atoms with Crippen LogP contribution < -0.4 is 8.37 Å². The summed E-state index contributed by atoms with van der Waals surface area (Å²) < 4.78 is 14.1. The Morgan fingerprint density at radius 3 is 2.00 bits per heavy atom. The molecule has 4 aliphatic rings. The molecule has 35 heavy (non-hydrogen) atoms. The van der Waals surface area contributed by atoms with E-state index in [1.807, 2.05) is 6.07 Å². The average Bonchev–Trinajstić information content (AvgIpc) is 3.14. The molecule has 2 aromatic carbocycles. The van der Waals surface area contributed by atoms with Crippen molar-refractivity contribution in [1.82, 2.24) is 0 Å². The molecule has 5 unspecified atom stereocenters. The molecule has 1 saturated heterocycles. The van der Waals surface area contributed by atoms with E-state index in [4.69, 9.17) is 8.37 Å². The standard InChI is InChI=1S/C27H34O2S6/c30-13-3-5-19(6-4-14-31)20-9-11-24-21(15-20)17-33-26-7-1-2-8-27(26)34-18-22-16-23(32)10-12-25(22)29-35(33,34)28-24/h9-12,15-19,26-27,30-32H,1-8,13-14H2. The SMILES string of the molecule is SCCCC(CCCS)c1ccc2c(c1)C=S1C3CCCCC3S3=Cc4cc(S)ccc4OS31O2. The summed E-state index contributed by atoms with van der Waals surface area (Å²) in [5.41, 5.74) is 3.94. The number of rotatable bonds is 7. The van der Waals surface area contributed by atoms with Crippen LogP contribution in [0.5, 0.6) is 11.5 Å². The van der Waals surface area contributed by atoms with Gasteiger partial charge in [-0.05, 0) is 130 Å². The predicted octanol–water partition coefficient (Wildman–Crippen LogP) is 8.59. The minimum Gasteiger partial charge on any atom is -0.364 e. The summed E-state index contributed by atoms with van der Waals surface area (Å²) in [5.74, 6) is 4.46. The predicted molar refractivity (Wildman–Crippen MR) is 169 cm³/mol. The van der Waals surface area contributed by atoms with Crippen LogP contribution in [-0.2, 0) is 0 Å². The van der Waals surface area contributed by atoms with Crippen LogP contribution in [0.25, 0.3) is 0 Å². The van der Waals surface area contributed by atoms with Gasteiger partial charge in [-0.2, -0.15) is 25.3 Å². The Hall–Kier alpha value is -0.120. The van der Waals surface area contributed by atoms with Gasteiger partial charge in [-0.25, -0.2) is 0 Å². The monoisotopic (exact) mass is 582 g/mol. The van der Waals surface area contributed by atoms with Gasteiger partial charge in [0.25, 0.3) is 0 Å². The molecule has 6 rings (SSSR count). The highest BCUT2D eigenvalue weighted by molar-refractivity contribution is 9.29. The highest BCUT2D eigenvalue weighted by Crippen LogP contribution is 2.88. The topological polar surface area (TPSA) is 18.5 Å². The Kier molecular flexibility index (Phi) is 7.60. The molecule has 1 spiro atoms. The zero-order valence-electron chi connectivity index (χ0n) is 19.8. The third-order valence-electron chi connectivity index (χ3n) is 7.50. The third-order valence-corrected chi connectivity index (χ3v) is 22.1. The molecule has 190 valence electrons. The van der Waals surface area contributed by atoms with Crippen molar-refractivity contribution >= 4 is 76.3 Å². The first kappa shape index (κ1) is 25.2. The molecule has 2 aromatic rings. The molecule has 1 saturated carbocycles. The minimum absolute atomic E-state index is 0.00527. The van der Waals surface area contributed by atoms with E-state index in [1.54, 1.807) is 0 Å². The molecular weight excluding hydrogens is 549 g/mol. The second kappa shape index (κ2) is 10.6. The average molecular weight is 583 g/mol. The van der Waals surface area contributed by atoms with Gasteiger partial charge in [-0.15, -0.1) is 12.6 Å². The van der Waals surface area contributed by atoms with Gasteiger partial charge in [0.05, 0.1) is 0 Å². The van der Waals surface area contributed by atoms with Crippen LogP contribution in [0.1, 0.15) is 74.0 Å². The Labute approximate surface area is 231 Å². The van der Waals surface area contributed by atoms with Crippen molar-refractivity contribution in [3.05, 3.63) is 53.1 Å². The first-order chi connectivity index (χ1) is 17.1. The van der Waals surface area contributed by atoms with Gasteiger partial charge >= 0.3 is 0 Å². The second-order valence-corrected chi connectivity index (χ2v) is 20.9. The molecule has 0 aromatic heterocycles. The first-order valence-electron chi connectivity index (χ1n) is 12.7. The number of benzene rings is 2. The lowest BCUT2D eigenvalue weighted by atomic mass is 9.89. The number of hydrogen-bond acceptors (Lipinski definition) is 5. The molecule has 0 N–H and O–H groups in total. The van der Waals surface area contributed by atoms with Crippen LogP contribution in [-0.4, -0.2) is 32.7 Å². The van der Waals surface area contributed by atoms with Gasteiger partial charge in [0.15, 0.2) is 11.5 Å². The van der Waals surface area contributed by atoms with Crippen LogP contribution in [0.4, 0.5) is 0 Å². The van der Waals surface area contributed by atoms with Crippen molar-refractivity contribution < 1.29 is 8.37 Å². The quantitative estimate of drug-likeness (QED) is 0.172. The van der Waals surface area contributed by atoms with E-state index >= 15 is 0 Å². The Morgan fingerprint density at radius 1 is 0.829 bits per heavy atom. The number of fused-ring (bicyclic) bond motifs is 5. The van der Waals surface area contributed by atoms with Crippen molar-refractivity contribution in [3.63, 3.8) is 0 Å². The van der Waals surface area contributed by atoms with Crippen molar-refractivity contribution in [3.8, 4) is 11.5 Å². The van der Waals surface area contributed by atoms with Crippen LogP contribution in [0, 0.1) is 0 Å². The summed E-state index contributed by atoms with van der Waals surface area (Å²) in [5, 5.41) is 6.47. The second-order valence-electron chi connectivity index (χ2n) is 9.78. The van der Waals surface area contributed by atoms with Gasteiger partial charge in [-0.1, -0.05) is 18.9 Å². The summed E-state index contributed by atoms with van der Waals surface area (Å²) in [6, 6.07) is 13.3. The van der Waals surface area contributed by atoms with Crippen LogP contribution >= 0.6 is 65.6 Å². The smallest absolute Gasteiger partial charge is 0.162 e. The number of thiol groups is 3. The van der Waals surface area contributed by atoms with Gasteiger partial charge in [-0.3, -0.25) is 0 Å². The molecule has 8 heteroatoms. The zero-order valence-corrected chi connectivity index (χ0v) is 24.9. The maximum Gasteiger partial charge on any atom is 0.162 e. The lowest BCUT2D eigenvalue weighted by Gasteiger charge is -2.47. The lowest BCUT2D eigenvalue weighted by molar-refractivity contribution is 0.526. The van der Waals surface area contributed by atoms with E-state index in [0.717, 1.165) is 40.7 Å². The molecule has 0 bridgehead atoms. The highest BCUT2D eigenvalue weighted by atomic mass is 33.6. The van der Waals surface area contributed by atoms with E-state index in [-0.39, 0.29) is 19.0 Å². The maximum absolute atomic E-state index is 7.10. The van der Waals surface area contributed by atoms with Crippen LogP contribution in [0.15, 0.2) is 41.3 Å².